The lowest BCUT2D eigenvalue weighted by molar-refractivity contribution is 0.0553. The normalized spacial score (nSPS) is 23.2. The number of piperidine rings is 1. The minimum absolute atomic E-state index is 0.108. The van der Waals surface area contributed by atoms with Crippen molar-refractivity contribution >= 4 is 5.91 Å². The summed E-state index contributed by atoms with van der Waals surface area (Å²) in [6.45, 7) is 3.77. The maximum absolute atomic E-state index is 13.4. The van der Waals surface area contributed by atoms with E-state index < -0.39 is 0 Å². The highest BCUT2D eigenvalue weighted by Crippen LogP contribution is 2.36. The fourth-order valence-electron chi connectivity index (χ4n) is 4.18. The largest absolute Gasteiger partial charge is 0.338 e. The van der Waals surface area contributed by atoms with Crippen molar-refractivity contribution in [2.75, 3.05) is 26.2 Å². The van der Waals surface area contributed by atoms with Gasteiger partial charge in [-0.15, -0.1) is 0 Å². The average molecular weight is 338 g/mol. The summed E-state index contributed by atoms with van der Waals surface area (Å²) >= 11 is 0. The third-order valence-corrected chi connectivity index (χ3v) is 5.57. The zero-order valence-corrected chi connectivity index (χ0v) is 14.3. The molecule has 2 heterocycles. The smallest absolute Gasteiger partial charge is 0.253 e. The van der Waals surface area contributed by atoms with Crippen LogP contribution in [0.15, 0.2) is 48.5 Å². The van der Waals surface area contributed by atoms with Gasteiger partial charge in [-0.25, -0.2) is 4.39 Å². The number of likely N-dealkylation sites (tertiary alicyclic amines) is 1. The maximum atomic E-state index is 13.4. The van der Waals surface area contributed by atoms with Gasteiger partial charge < -0.3 is 10.2 Å². The Morgan fingerprint density at radius 1 is 1.08 bits per heavy atom. The van der Waals surface area contributed by atoms with E-state index in [4.69, 9.17) is 0 Å². The second-order valence-electron chi connectivity index (χ2n) is 7.34. The van der Waals surface area contributed by atoms with E-state index in [2.05, 4.69) is 5.32 Å². The number of benzene rings is 2. The maximum Gasteiger partial charge on any atom is 0.253 e. The van der Waals surface area contributed by atoms with Crippen molar-refractivity contribution in [1.29, 1.82) is 0 Å². The molecule has 3 nitrogen and oxygen atoms in total. The van der Waals surface area contributed by atoms with Crippen molar-refractivity contribution in [1.82, 2.24) is 10.2 Å². The Labute approximate surface area is 147 Å². The van der Waals surface area contributed by atoms with Crippen LogP contribution in [0.1, 0.15) is 29.6 Å². The van der Waals surface area contributed by atoms with E-state index in [0.717, 1.165) is 50.1 Å². The molecule has 0 radical (unpaired) electrons. The second kappa shape index (κ2) is 6.60. The number of carbonyl (C=O) groups excluding carboxylic acids is 1. The summed E-state index contributed by atoms with van der Waals surface area (Å²) in [6, 6.07) is 14.0. The summed E-state index contributed by atoms with van der Waals surface area (Å²) in [6.07, 6.45) is 3.45. The van der Waals surface area contributed by atoms with Crippen molar-refractivity contribution in [2.45, 2.75) is 19.3 Å². The third-order valence-electron chi connectivity index (χ3n) is 5.57. The Bertz CT molecular complexity index is 766. The molecule has 1 unspecified atom stereocenters. The van der Waals surface area contributed by atoms with Gasteiger partial charge in [-0.05, 0) is 61.2 Å². The monoisotopic (exact) mass is 338 g/mol. The molecular formula is C21H23FN2O. The molecule has 2 aliphatic rings. The first-order valence-electron chi connectivity index (χ1n) is 9.01. The molecule has 1 spiro atoms. The van der Waals surface area contributed by atoms with E-state index >= 15 is 0 Å². The molecule has 130 valence electrons. The topological polar surface area (TPSA) is 32.3 Å². The van der Waals surface area contributed by atoms with Crippen LogP contribution in [-0.4, -0.2) is 37.0 Å². The van der Waals surface area contributed by atoms with Crippen molar-refractivity contribution in [3.63, 3.8) is 0 Å². The van der Waals surface area contributed by atoms with E-state index in [1.807, 2.05) is 35.2 Å². The standard InChI is InChI=1S/C21H23FN2O/c22-19-4-1-3-18(13-19)16-5-7-17(8-6-16)20(25)24-12-2-9-21(15-24)10-11-23-14-21/h1,3-8,13,23H,2,9-12,14-15H2. The highest BCUT2D eigenvalue weighted by atomic mass is 19.1. The number of hydrogen-bond acceptors (Lipinski definition) is 2. The van der Waals surface area contributed by atoms with E-state index in [1.165, 1.54) is 18.6 Å². The molecule has 25 heavy (non-hydrogen) atoms. The van der Waals surface area contributed by atoms with Crippen molar-refractivity contribution in [2.24, 2.45) is 5.41 Å². The molecule has 2 aromatic rings. The second-order valence-corrected chi connectivity index (χ2v) is 7.34. The Kier molecular flexibility index (Phi) is 4.30. The van der Waals surface area contributed by atoms with Crippen LogP contribution in [0.2, 0.25) is 0 Å². The predicted octanol–water partition coefficient (Wildman–Crippen LogP) is 3.71. The average Bonchev–Trinajstić information content (AvgIpc) is 3.09. The first-order chi connectivity index (χ1) is 12.2. The Balaban J connectivity index is 1.50. The molecule has 0 saturated carbocycles. The molecule has 4 heteroatoms. The molecule has 1 amide bonds. The summed E-state index contributed by atoms with van der Waals surface area (Å²) < 4.78 is 13.4. The number of nitrogens with one attached hydrogen (secondary N) is 1. The van der Waals surface area contributed by atoms with Gasteiger partial charge in [0.15, 0.2) is 0 Å². The van der Waals surface area contributed by atoms with Gasteiger partial charge in [0.2, 0.25) is 0 Å². The van der Waals surface area contributed by atoms with Gasteiger partial charge in [0.05, 0.1) is 0 Å². The number of carbonyl (C=O) groups is 1. The molecule has 1 atom stereocenters. The number of halogens is 1. The van der Waals surface area contributed by atoms with Gasteiger partial charge in [0.1, 0.15) is 5.82 Å². The van der Waals surface area contributed by atoms with Crippen LogP contribution in [0.4, 0.5) is 4.39 Å². The van der Waals surface area contributed by atoms with Gasteiger partial charge in [-0.2, -0.15) is 0 Å². The van der Waals surface area contributed by atoms with Gasteiger partial charge in [-0.1, -0.05) is 24.3 Å². The van der Waals surface area contributed by atoms with Gasteiger partial charge in [0, 0.05) is 30.6 Å². The van der Waals surface area contributed by atoms with Crippen molar-refractivity contribution in [3.05, 3.63) is 59.9 Å². The summed E-state index contributed by atoms with van der Waals surface area (Å²) in [7, 11) is 0. The molecule has 1 N–H and O–H groups in total. The van der Waals surface area contributed by atoms with Crippen LogP contribution < -0.4 is 5.32 Å². The van der Waals surface area contributed by atoms with Crippen molar-refractivity contribution in [3.8, 4) is 11.1 Å². The van der Waals surface area contributed by atoms with Crippen LogP contribution in [0.5, 0.6) is 0 Å². The molecule has 2 saturated heterocycles. The Hall–Kier alpha value is -2.20. The lowest BCUT2D eigenvalue weighted by Gasteiger charge is -2.40. The minimum Gasteiger partial charge on any atom is -0.338 e. The zero-order chi connectivity index (χ0) is 17.3. The molecule has 2 aromatic carbocycles. The molecular weight excluding hydrogens is 315 g/mol. The SMILES string of the molecule is O=C(c1ccc(-c2cccc(F)c2)cc1)N1CCCC2(CCNC2)C1. The first-order valence-corrected chi connectivity index (χ1v) is 9.01. The summed E-state index contributed by atoms with van der Waals surface area (Å²) in [5.74, 6) is -0.141. The molecule has 2 aliphatic heterocycles. The highest BCUT2D eigenvalue weighted by Gasteiger charge is 2.39. The minimum atomic E-state index is -0.249. The number of nitrogens with zero attached hydrogens (tertiary/aromatic N) is 1. The Morgan fingerprint density at radius 2 is 1.92 bits per heavy atom. The summed E-state index contributed by atoms with van der Waals surface area (Å²) in [5, 5.41) is 3.44. The van der Waals surface area contributed by atoms with Crippen LogP contribution >= 0.6 is 0 Å². The number of rotatable bonds is 2. The summed E-state index contributed by atoms with van der Waals surface area (Å²) in [5.41, 5.74) is 2.73. The highest BCUT2D eigenvalue weighted by molar-refractivity contribution is 5.94. The predicted molar refractivity (Wildman–Crippen MR) is 96.9 cm³/mol. The lowest BCUT2D eigenvalue weighted by atomic mass is 9.79. The quantitative estimate of drug-likeness (QED) is 0.905. The van der Waals surface area contributed by atoms with E-state index in [0.29, 0.717) is 5.56 Å². The molecule has 4 rings (SSSR count). The fourth-order valence-corrected chi connectivity index (χ4v) is 4.18. The van der Waals surface area contributed by atoms with E-state index in [1.54, 1.807) is 6.07 Å². The number of hydrogen-bond donors (Lipinski definition) is 1. The van der Waals surface area contributed by atoms with Crippen molar-refractivity contribution < 1.29 is 9.18 Å². The van der Waals surface area contributed by atoms with Crippen LogP contribution in [0.25, 0.3) is 11.1 Å². The zero-order valence-electron chi connectivity index (χ0n) is 14.3. The Morgan fingerprint density at radius 3 is 2.64 bits per heavy atom. The molecule has 2 fully saturated rings. The van der Waals surface area contributed by atoms with Crippen LogP contribution in [0, 0.1) is 11.2 Å². The van der Waals surface area contributed by atoms with Crippen LogP contribution in [0.3, 0.4) is 0 Å². The first kappa shape index (κ1) is 16.3. The third kappa shape index (κ3) is 3.31. The van der Waals surface area contributed by atoms with E-state index in [-0.39, 0.29) is 17.1 Å². The van der Waals surface area contributed by atoms with E-state index in [9.17, 15) is 9.18 Å². The van der Waals surface area contributed by atoms with Gasteiger partial charge >= 0.3 is 0 Å². The molecule has 0 aliphatic carbocycles. The number of amides is 1. The summed E-state index contributed by atoms with van der Waals surface area (Å²) in [4.78, 5) is 14.9. The van der Waals surface area contributed by atoms with Gasteiger partial charge in [-0.3, -0.25) is 4.79 Å². The van der Waals surface area contributed by atoms with Crippen LogP contribution in [-0.2, 0) is 0 Å². The lowest BCUT2D eigenvalue weighted by Crippen LogP contribution is -2.47. The molecule has 0 aromatic heterocycles. The fraction of sp³-hybridized carbons (Fsp3) is 0.381. The molecule has 0 bridgehead atoms. The van der Waals surface area contributed by atoms with Gasteiger partial charge in [0.25, 0.3) is 5.91 Å².